The molecule has 46 valence electrons. The zero-order chi connectivity index (χ0) is 6.53. The molecule has 1 rings (SSSR count). The molecule has 0 amide bonds. The van der Waals surface area contributed by atoms with E-state index in [0.717, 1.165) is 0 Å². The first kappa shape index (κ1) is 6.17. The van der Waals surface area contributed by atoms with Gasteiger partial charge in [0.05, 0.1) is 5.75 Å². The summed E-state index contributed by atoms with van der Waals surface area (Å²) in [5, 5.41) is 7.07. The van der Waals surface area contributed by atoms with E-state index < -0.39 is 0 Å². The Morgan fingerprint density at radius 2 is 2.78 bits per heavy atom. The van der Waals surface area contributed by atoms with Crippen LogP contribution in [0.1, 0.15) is 0 Å². The summed E-state index contributed by atoms with van der Waals surface area (Å²) in [6, 6.07) is 0. The number of nitrogens with one attached hydrogen (secondary N) is 1. The number of H-pyrrole nitrogens is 1. The Morgan fingerprint density at radius 1 is 1.89 bits per heavy atom. The minimum absolute atomic E-state index is 0.623. The van der Waals surface area contributed by atoms with Crippen molar-refractivity contribution in [3.8, 4) is 12.3 Å². The lowest BCUT2D eigenvalue weighted by Crippen LogP contribution is -1.75. The van der Waals surface area contributed by atoms with Crippen molar-refractivity contribution in [3.63, 3.8) is 0 Å². The van der Waals surface area contributed by atoms with Crippen molar-refractivity contribution in [2.45, 2.75) is 5.16 Å². The molecule has 1 aromatic heterocycles. The van der Waals surface area contributed by atoms with E-state index in [2.05, 4.69) is 21.1 Å². The Hall–Kier alpha value is -0.950. The Kier molecular flexibility index (Phi) is 2.16. The van der Waals surface area contributed by atoms with Crippen LogP contribution in [0.25, 0.3) is 0 Å². The van der Waals surface area contributed by atoms with Crippen LogP contribution in [-0.4, -0.2) is 20.9 Å². The lowest BCUT2D eigenvalue weighted by Gasteiger charge is -1.82. The smallest absolute Gasteiger partial charge is 0.209 e. The fourth-order valence-electron chi connectivity index (χ4n) is 0.373. The van der Waals surface area contributed by atoms with Gasteiger partial charge in [0.2, 0.25) is 5.16 Å². The van der Waals surface area contributed by atoms with Gasteiger partial charge < -0.3 is 0 Å². The molecule has 0 radical (unpaired) electrons. The fourth-order valence-corrected chi connectivity index (χ4v) is 0.830. The summed E-state index contributed by atoms with van der Waals surface area (Å²) in [6.07, 6.45) is 6.54. The molecular weight excluding hydrogens is 134 g/mol. The van der Waals surface area contributed by atoms with E-state index in [0.29, 0.717) is 10.9 Å². The maximum Gasteiger partial charge on any atom is 0.209 e. The molecule has 0 fully saturated rings. The number of terminal acetylenes is 1. The number of rotatable bonds is 2. The molecule has 1 aromatic rings. The number of nitrogens with zero attached hydrogens (tertiary/aromatic N) is 2. The minimum atomic E-state index is 0.623. The van der Waals surface area contributed by atoms with Gasteiger partial charge in [0.15, 0.2) is 0 Å². The van der Waals surface area contributed by atoms with E-state index in [-0.39, 0.29) is 0 Å². The van der Waals surface area contributed by atoms with Crippen LogP contribution in [0.2, 0.25) is 0 Å². The monoisotopic (exact) mass is 139 g/mol. The maximum atomic E-state index is 5.01. The molecule has 0 aromatic carbocycles. The standard InChI is InChI=1S/C5H5N3S/c1-2-3-9-5-6-4-7-8-5/h1,4H,3H2,(H,6,7,8). The number of aromatic amines is 1. The van der Waals surface area contributed by atoms with Gasteiger partial charge in [-0.15, -0.1) is 11.5 Å². The van der Waals surface area contributed by atoms with Crippen molar-refractivity contribution in [1.82, 2.24) is 15.2 Å². The molecule has 0 unspecified atom stereocenters. The van der Waals surface area contributed by atoms with Gasteiger partial charge in [0, 0.05) is 0 Å². The molecule has 0 saturated heterocycles. The van der Waals surface area contributed by atoms with Crippen LogP contribution in [0.4, 0.5) is 0 Å². The summed E-state index contributed by atoms with van der Waals surface area (Å²) < 4.78 is 0. The van der Waals surface area contributed by atoms with E-state index >= 15 is 0 Å². The van der Waals surface area contributed by atoms with E-state index in [1.807, 2.05) is 0 Å². The lowest BCUT2D eigenvalue weighted by molar-refractivity contribution is 0.975. The first-order chi connectivity index (χ1) is 4.43. The zero-order valence-electron chi connectivity index (χ0n) is 4.66. The second kappa shape index (κ2) is 3.15. The topological polar surface area (TPSA) is 41.6 Å². The highest BCUT2D eigenvalue weighted by atomic mass is 32.2. The maximum absolute atomic E-state index is 5.01. The van der Waals surface area contributed by atoms with Crippen LogP contribution < -0.4 is 0 Å². The quantitative estimate of drug-likeness (QED) is 0.480. The number of thioether (sulfide) groups is 1. The molecule has 0 saturated carbocycles. The van der Waals surface area contributed by atoms with Crippen LogP contribution in [0, 0.1) is 12.3 Å². The lowest BCUT2D eigenvalue weighted by atomic mass is 10.8. The molecule has 3 nitrogen and oxygen atoms in total. The molecule has 0 spiro atoms. The molecule has 1 N–H and O–H groups in total. The summed E-state index contributed by atoms with van der Waals surface area (Å²) in [5.41, 5.74) is 0. The third kappa shape index (κ3) is 1.78. The summed E-state index contributed by atoms with van der Waals surface area (Å²) >= 11 is 1.44. The third-order valence-electron chi connectivity index (χ3n) is 0.678. The van der Waals surface area contributed by atoms with Crippen LogP contribution in [-0.2, 0) is 0 Å². The largest absolute Gasteiger partial charge is 0.265 e. The van der Waals surface area contributed by atoms with Crippen LogP contribution in [0.15, 0.2) is 11.5 Å². The SMILES string of the molecule is C#CCSc1nc[nH]n1. The second-order valence-electron chi connectivity index (χ2n) is 1.27. The summed E-state index contributed by atoms with van der Waals surface area (Å²) in [6.45, 7) is 0. The highest BCUT2D eigenvalue weighted by molar-refractivity contribution is 7.99. The molecule has 9 heavy (non-hydrogen) atoms. The highest BCUT2D eigenvalue weighted by Crippen LogP contribution is 2.07. The molecule has 4 heteroatoms. The van der Waals surface area contributed by atoms with Crippen molar-refractivity contribution in [2.24, 2.45) is 0 Å². The normalized spacial score (nSPS) is 8.78. The fraction of sp³-hybridized carbons (Fsp3) is 0.200. The van der Waals surface area contributed by atoms with E-state index in [4.69, 9.17) is 6.42 Å². The summed E-state index contributed by atoms with van der Waals surface area (Å²) in [7, 11) is 0. The predicted octanol–water partition coefficient (Wildman–Crippen LogP) is 0.530. The van der Waals surface area contributed by atoms with Crippen molar-refractivity contribution in [2.75, 3.05) is 5.75 Å². The van der Waals surface area contributed by atoms with Gasteiger partial charge in [-0.1, -0.05) is 17.7 Å². The molecule has 1 heterocycles. The molecule has 0 aliphatic heterocycles. The highest BCUT2D eigenvalue weighted by Gasteiger charge is 1.92. The van der Waals surface area contributed by atoms with Gasteiger partial charge in [-0.2, -0.15) is 0 Å². The zero-order valence-corrected chi connectivity index (χ0v) is 5.48. The predicted molar refractivity (Wildman–Crippen MR) is 35.9 cm³/mol. The first-order valence-corrected chi connectivity index (χ1v) is 3.34. The number of hydrogen-bond donors (Lipinski definition) is 1. The molecule has 0 atom stereocenters. The third-order valence-corrected chi connectivity index (χ3v) is 1.44. The molecule has 0 bridgehead atoms. The first-order valence-electron chi connectivity index (χ1n) is 2.35. The van der Waals surface area contributed by atoms with Crippen molar-refractivity contribution >= 4 is 11.8 Å². The van der Waals surface area contributed by atoms with Gasteiger partial charge in [0.25, 0.3) is 0 Å². The van der Waals surface area contributed by atoms with Crippen molar-refractivity contribution in [1.29, 1.82) is 0 Å². The van der Waals surface area contributed by atoms with E-state index in [1.165, 1.54) is 18.1 Å². The van der Waals surface area contributed by atoms with Crippen molar-refractivity contribution < 1.29 is 0 Å². The minimum Gasteiger partial charge on any atom is -0.265 e. The van der Waals surface area contributed by atoms with Gasteiger partial charge in [0.1, 0.15) is 6.33 Å². The molecular formula is C5H5N3S. The average Bonchev–Trinajstić information content (AvgIpc) is 2.34. The number of aromatic nitrogens is 3. The van der Waals surface area contributed by atoms with Gasteiger partial charge in [-0.25, -0.2) is 4.98 Å². The molecule has 0 aliphatic rings. The van der Waals surface area contributed by atoms with Crippen LogP contribution >= 0.6 is 11.8 Å². The Balaban J connectivity index is 2.41. The van der Waals surface area contributed by atoms with Crippen LogP contribution in [0.5, 0.6) is 0 Å². The Bertz CT molecular complexity index is 198. The van der Waals surface area contributed by atoms with Gasteiger partial charge in [-0.3, -0.25) is 5.10 Å². The number of hydrogen-bond acceptors (Lipinski definition) is 3. The average molecular weight is 139 g/mol. The Labute approximate surface area is 57.3 Å². The van der Waals surface area contributed by atoms with Crippen LogP contribution in [0.3, 0.4) is 0 Å². The van der Waals surface area contributed by atoms with E-state index in [9.17, 15) is 0 Å². The summed E-state index contributed by atoms with van der Waals surface area (Å²) in [5.74, 6) is 3.10. The summed E-state index contributed by atoms with van der Waals surface area (Å²) in [4.78, 5) is 3.85. The second-order valence-corrected chi connectivity index (χ2v) is 2.22. The van der Waals surface area contributed by atoms with Gasteiger partial charge in [-0.05, 0) is 0 Å². The Morgan fingerprint density at radius 3 is 3.33 bits per heavy atom. The van der Waals surface area contributed by atoms with Gasteiger partial charge >= 0.3 is 0 Å². The molecule has 0 aliphatic carbocycles. The van der Waals surface area contributed by atoms with E-state index in [1.54, 1.807) is 0 Å². The van der Waals surface area contributed by atoms with Crippen molar-refractivity contribution in [3.05, 3.63) is 6.33 Å².